The number of aromatic nitrogens is 1. The third-order valence-corrected chi connectivity index (χ3v) is 5.55. The molecule has 0 aliphatic heterocycles. The largest absolute Gasteiger partial charge is 0.496 e. The van der Waals surface area contributed by atoms with Gasteiger partial charge in [-0.05, 0) is 86.0 Å². The molecule has 1 atom stereocenters. The lowest BCUT2D eigenvalue weighted by atomic mass is 9.80. The Bertz CT molecular complexity index is 973. The molecule has 0 radical (unpaired) electrons. The van der Waals surface area contributed by atoms with Crippen LogP contribution in [0.2, 0.25) is 0 Å². The summed E-state index contributed by atoms with van der Waals surface area (Å²) in [5, 5.41) is 3.56. The van der Waals surface area contributed by atoms with Gasteiger partial charge in [-0.2, -0.15) is 0 Å². The fraction of sp³-hybridized carbons (Fsp3) is 0.409. The van der Waals surface area contributed by atoms with Crippen molar-refractivity contribution in [2.75, 3.05) is 20.2 Å². The Kier molecular flexibility index (Phi) is 5.30. The van der Waals surface area contributed by atoms with Crippen molar-refractivity contribution in [3.8, 4) is 5.75 Å². The van der Waals surface area contributed by atoms with Crippen LogP contribution in [0.1, 0.15) is 41.9 Å². The molecule has 2 aromatic carbocycles. The van der Waals surface area contributed by atoms with Crippen molar-refractivity contribution in [3.05, 3.63) is 63.6 Å². The molecule has 0 fully saturated rings. The summed E-state index contributed by atoms with van der Waals surface area (Å²) in [5.41, 5.74) is 5.42. The van der Waals surface area contributed by atoms with Gasteiger partial charge in [0.1, 0.15) is 5.75 Å². The molecule has 3 aromatic rings. The number of ether oxygens (including phenoxy) is 1. The third-order valence-electron chi connectivity index (χ3n) is 5.55. The highest BCUT2D eigenvalue weighted by Crippen LogP contribution is 2.38. The van der Waals surface area contributed by atoms with Gasteiger partial charge in [-0.25, -0.2) is 4.79 Å². The van der Waals surface area contributed by atoms with Gasteiger partial charge in [0, 0.05) is 0 Å². The van der Waals surface area contributed by atoms with Crippen molar-refractivity contribution in [1.29, 1.82) is 0 Å². The number of nitrogens with one attached hydrogen (secondary N) is 2. The van der Waals surface area contributed by atoms with E-state index in [1.54, 1.807) is 7.11 Å². The number of hydrogen-bond acceptors (Lipinski definition) is 4. The first-order valence-electron chi connectivity index (χ1n) is 9.73. The zero-order valence-corrected chi connectivity index (χ0v) is 15.7. The second-order valence-corrected chi connectivity index (χ2v) is 7.25. The average Bonchev–Trinajstić information content (AvgIpc) is 3.06. The van der Waals surface area contributed by atoms with Crippen molar-refractivity contribution < 1.29 is 9.15 Å². The van der Waals surface area contributed by atoms with Gasteiger partial charge < -0.3 is 14.5 Å². The number of rotatable bonds is 7. The molecule has 1 aliphatic rings. The normalized spacial score (nSPS) is 16.4. The van der Waals surface area contributed by atoms with Gasteiger partial charge in [-0.3, -0.25) is 4.98 Å². The molecule has 4 rings (SSSR count). The van der Waals surface area contributed by atoms with Crippen molar-refractivity contribution in [2.45, 2.75) is 38.0 Å². The molecule has 0 bridgehead atoms. The number of aromatic amines is 1. The molecule has 1 unspecified atom stereocenters. The van der Waals surface area contributed by atoms with E-state index in [9.17, 15) is 4.79 Å². The van der Waals surface area contributed by atoms with Gasteiger partial charge in [0.25, 0.3) is 0 Å². The first-order valence-corrected chi connectivity index (χ1v) is 9.73. The zero-order chi connectivity index (χ0) is 18.6. The summed E-state index contributed by atoms with van der Waals surface area (Å²) in [7, 11) is 1.76. The summed E-state index contributed by atoms with van der Waals surface area (Å²) in [4.78, 5) is 13.9. The first-order chi connectivity index (χ1) is 13.2. The lowest BCUT2D eigenvalue weighted by Gasteiger charge is -2.27. The molecule has 27 heavy (non-hydrogen) atoms. The van der Waals surface area contributed by atoms with Crippen molar-refractivity contribution >= 4 is 11.1 Å². The maximum atomic E-state index is 11.2. The number of hydrogen-bond donors (Lipinski definition) is 2. The van der Waals surface area contributed by atoms with Crippen LogP contribution in [0.3, 0.4) is 0 Å². The molecule has 5 heteroatoms. The van der Waals surface area contributed by atoms with Gasteiger partial charge in [0.15, 0.2) is 5.58 Å². The fourth-order valence-corrected chi connectivity index (χ4v) is 4.18. The smallest absolute Gasteiger partial charge is 0.417 e. The summed E-state index contributed by atoms with van der Waals surface area (Å²) in [6.07, 6.45) is 5.68. The van der Waals surface area contributed by atoms with E-state index in [1.165, 1.54) is 29.5 Å². The minimum Gasteiger partial charge on any atom is -0.496 e. The molecule has 2 N–H and O–H groups in total. The molecule has 142 valence electrons. The highest BCUT2D eigenvalue weighted by Gasteiger charge is 2.22. The van der Waals surface area contributed by atoms with Crippen molar-refractivity contribution in [1.82, 2.24) is 10.3 Å². The van der Waals surface area contributed by atoms with Crippen LogP contribution < -0.4 is 15.8 Å². The molecule has 0 amide bonds. The lowest BCUT2D eigenvalue weighted by molar-refractivity contribution is 0.401. The van der Waals surface area contributed by atoms with E-state index < -0.39 is 5.76 Å². The summed E-state index contributed by atoms with van der Waals surface area (Å²) in [5.74, 6) is 1.25. The van der Waals surface area contributed by atoms with Gasteiger partial charge in [-0.1, -0.05) is 18.2 Å². The van der Waals surface area contributed by atoms with E-state index in [0.29, 0.717) is 11.5 Å². The third kappa shape index (κ3) is 3.93. The number of methoxy groups -OCH3 is 1. The van der Waals surface area contributed by atoms with E-state index in [2.05, 4.69) is 28.5 Å². The highest BCUT2D eigenvalue weighted by atomic mass is 16.5. The summed E-state index contributed by atoms with van der Waals surface area (Å²) < 4.78 is 10.7. The molecule has 0 saturated heterocycles. The number of fused-ring (bicyclic) bond motifs is 2. The fourth-order valence-electron chi connectivity index (χ4n) is 4.18. The number of H-pyrrole nitrogens is 1. The molecule has 1 aromatic heterocycles. The standard InChI is InChI=1S/C22H26N2O3/c1-26-20-7-3-5-17-16(4-2-6-18(17)20)11-13-23-12-10-15-8-9-19-21(14-15)27-22(25)24-19/h3,5,7-9,14,16,23H,2,4,6,10-13H2,1H3,(H,24,25). The maximum Gasteiger partial charge on any atom is 0.417 e. The van der Waals surface area contributed by atoms with Crippen molar-refractivity contribution in [2.24, 2.45) is 0 Å². The molecule has 5 nitrogen and oxygen atoms in total. The first kappa shape index (κ1) is 17.9. The Morgan fingerprint density at radius 2 is 2.19 bits per heavy atom. The van der Waals surface area contributed by atoms with Gasteiger partial charge in [0.05, 0.1) is 12.6 Å². The van der Waals surface area contributed by atoms with Crippen LogP contribution in [0, 0.1) is 0 Å². The van der Waals surface area contributed by atoms with Crippen LogP contribution >= 0.6 is 0 Å². The number of oxazole rings is 1. The van der Waals surface area contributed by atoms with Gasteiger partial charge >= 0.3 is 5.76 Å². The van der Waals surface area contributed by atoms with Crippen LogP contribution in [0.5, 0.6) is 5.75 Å². The van der Waals surface area contributed by atoms with Crippen LogP contribution in [-0.4, -0.2) is 25.2 Å². The second kappa shape index (κ2) is 8.01. The molecule has 1 heterocycles. The molecule has 0 spiro atoms. The quantitative estimate of drug-likeness (QED) is 0.625. The van der Waals surface area contributed by atoms with Crippen molar-refractivity contribution in [3.63, 3.8) is 0 Å². The Labute approximate surface area is 158 Å². The highest BCUT2D eigenvalue weighted by molar-refractivity contribution is 5.72. The van der Waals surface area contributed by atoms with Crippen LogP contribution in [0.25, 0.3) is 11.1 Å². The van der Waals surface area contributed by atoms with E-state index in [-0.39, 0.29) is 0 Å². The minimum absolute atomic E-state index is 0.398. The Balaban J connectivity index is 1.29. The van der Waals surface area contributed by atoms with E-state index in [0.717, 1.165) is 43.6 Å². The van der Waals surface area contributed by atoms with E-state index >= 15 is 0 Å². The molecule has 0 saturated carbocycles. The van der Waals surface area contributed by atoms with Gasteiger partial charge in [-0.15, -0.1) is 0 Å². The topological polar surface area (TPSA) is 67.3 Å². The lowest BCUT2D eigenvalue weighted by Crippen LogP contribution is -2.22. The zero-order valence-electron chi connectivity index (χ0n) is 15.7. The predicted octanol–water partition coefficient (Wildman–Crippen LogP) is 3.77. The van der Waals surface area contributed by atoms with E-state index in [4.69, 9.17) is 9.15 Å². The maximum absolute atomic E-state index is 11.2. The Hall–Kier alpha value is -2.53. The Morgan fingerprint density at radius 3 is 3.07 bits per heavy atom. The van der Waals surface area contributed by atoms with E-state index in [1.807, 2.05) is 18.2 Å². The van der Waals surface area contributed by atoms with Crippen LogP contribution in [0.4, 0.5) is 0 Å². The summed E-state index contributed by atoms with van der Waals surface area (Å²) in [6.45, 7) is 1.92. The Morgan fingerprint density at radius 1 is 1.26 bits per heavy atom. The number of benzene rings is 2. The van der Waals surface area contributed by atoms with Crippen LogP contribution in [0.15, 0.2) is 45.6 Å². The molecular weight excluding hydrogens is 340 g/mol. The second-order valence-electron chi connectivity index (χ2n) is 7.25. The molecular formula is C22H26N2O3. The van der Waals surface area contributed by atoms with Gasteiger partial charge in [0.2, 0.25) is 0 Å². The predicted molar refractivity (Wildman–Crippen MR) is 107 cm³/mol. The van der Waals surface area contributed by atoms with Crippen LogP contribution in [-0.2, 0) is 12.8 Å². The summed E-state index contributed by atoms with van der Waals surface area (Å²) >= 11 is 0. The minimum atomic E-state index is -0.398. The SMILES string of the molecule is COc1cccc2c1CCCC2CCNCCc1ccc2[nH]c(=O)oc2c1. The average molecular weight is 366 g/mol. The summed E-state index contributed by atoms with van der Waals surface area (Å²) in [6, 6.07) is 12.3. The monoisotopic (exact) mass is 366 g/mol. The molecule has 1 aliphatic carbocycles.